The summed E-state index contributed by atoms with van der Waals surface area (Å²) in [6.07, 6.45) is -4.65. The van der Waals surface area contributed by atoms with Crippen LogP contribution in [0.15, 0.2) is 12.1 Å². The van der Waals surface area contributed by atoms with Crippen molar-refractivity contribution < 1.29 is 13.2 Å². The number of hydrogen-bond acceptors (Lipinski definition) is 2. The van der Waals surface area contributed by atoms with E-state index < -0.39 is 11.9 Å². The third-order valence-electron chi connectivity index (χ3n) is 1.43. The van der Waals surface area contributed by atoms with Crippen LogP contribution in [0.4, 0.5) is 13.2 Å². The normalized spacial score (nSPS) is 11.1. The maximum Gasteiger partial charge on any atom is 0.433 e. The minimum absolute atomic E-state index is 0.120. The number of pyridine rings is 1. The van der Waals surface area contributed by atoms with Crippen molar-refractivity contribution in [1.82, 2.24) is 4.98 Å². The number of hydrogen-bond donors (Lipinski definition) is 0. The van der Waals surface area contributed by atoms with Gasteiger partial charge in [-0.3, -0.25) is 0 Å². The highest BCUT2D eigenvalue weighted by molar-refractivity contribution is 6.29. The largest absolute Gasteiger partial charge is 0.433 e. The number of aromatic nitrogens is 1. The zero-order valence-corrected chi connectivity index (χ0v) is 7.52. The molecule has 0 aliphatic heterocycles. The van der Waals surface area contributed by atoms with Crippen molar-refractivity contribution >= 4 is 11.6 Å². The summed E-state index contributed by atoms with van der Waals surface area (Å²) >= 11 is 5.37. The third kappa shape index (κ3) is 2.60. The molecule has 1 aromatic rings. The second-order valence-corrected chi connectivity index (χ2v) is 2.90. The summed E-state index contributed by atoms with van der Waals surface area (Å²) in [5.41, 5.74) is -0.866. The van der Waals surface area contributed by atoms with Crippen molar-refractivity contribution in [3.8, 4) is 6.07 Å². The Labute approximate surface area is 82.9 Å². The van der Waals surface area contributed by atoms with E-state index in [-0.39, 0.29) is 17.1 Å². The minimum atomic E-state index is -4.53. The van der Waals surface area contributed by atoms with Gasteiger partial charge >= 0.3 is 6.18 Å². The van der Waals surface area contributed by atoms with E-state index in [0.717, 1.165) is 6.07 Å². The summed E-state index contributed by atoms with van der Waals surface area (Å²) in [5, 5.41) is 8.05. The predicted molar refractivity (Wildman–Crippen MR) is 43.6 cm³/mol. The SMILES string of the molecule is N#CCc1cc(Cl)nc(C(F)(F)F)c1. The second-order valence-electron chi connectivity index (χ2n) is 2.52. The van der Waals surface area contributed by atoms with E-state index in [2.05, 4.69) is 4.98 Å². The van der Waals surface area contributed by atoms with E-state index in [1.807, 2.05) is 0 Å². The van der Waals surface area contributed by atoms with Gasteiger partial charge in [-0.15, -0.1) is 0 Å². The van der Waals surface area contributed by atoms with E-state index in [9.17, 15) is 13.2 Å². The van der Waals surface area contributed by atoms with Crippen LogP contribution in [0.3, 0.4) is 0 Å². The van der Waals surface area contributed by atoms with Gasteiger partial charge in [-0.2, -0.15) is 18.4 Å². The molecule has 0 saturated carbocycles. The summed E-state index contributed by atoms with van der Waals surface area (Å²) < 4.78 is 36.6. The van der Waals surface area contributed by atoms with Gasteiger partial charge in [0.1, 0.15) is 10.8 Å². The van der Waals surface area contributed by atoms with Crippen molar-refractivity contribution in [2.45, 2.75) is 12.6 Å². The average Bonchev–Trinajstić information content (AvgIpc) is 2.02. The Morgan fingerprint density at radius 3 is 2.57 bits per heavy atom. The molecule has 1 aromatic heterocycles. The minimum Gasteiger partial charge on any atom is -0.232 e. The Morgan fingerprint density at radius 2 is 2.07 bits per heavy atom. The fraction of sp³-hybridized carbons (Fsp3) is 0.250. The zero-order chi connectivity index (χ0) is 10.8. The van der Waals surface area contributed by atoms with Crippen molar-refractivity contribution in [3.63, 3.8) is 0 Å². The summed E-state index contributed by atoms with van der Waals surface area (Å²) in [7, 11) is 0. The van der Waals surface area contributed by atoms with Crippen LogP contribution in [0.2, 0.25) is 5.15 Å². The first kappa shape index (κ1) is 10.8. The molecule has 14 heavy (non-hydrogen) atoms. The summed E-state index contributed by atoms with van der Waals surface area (Å²) in [5.74, 6) is 0. The molecule has 0 atom stereocenters. The predicted octanol–water partition coefficient (Wildman–Crippen LogP) is 2.82. The lowest BCUT2D eigenvalue weighted by atomic mass is 10.2. The van der Waals surface area contributed by atoms with Crippen LogP contribution in [0.5, 0.6) is 0 Å². The van der Waals surface area contributed by atoms with Gasteiger partial charge in [0.2, 0.25) is 0 Å². The molecule has 0 aliphatic rings. The van der Waals surface area contributed by atoms with E-state index >= 15 is 0 Å². The van der Waals surface area contributed by atoms with E-state index in [1.54, 1.807) is 6.07 Å². The summed E-state index contributed by atoms with van der Waals surface area (Å²) in [6.45, 7) is 0. The Kier molecular flexibility index (Phi) is 2.96. The molecular formula is C8H4ClF3N2. The quantitative estimate of drug-likeness (QED) is 0.683. The Hall–Kier alpha value is -1.28. The maximum absolute atomic E-state index is 12.2. The molecule has 0 spiro atoms. The molecule has 0 aromatic carbocycles. The fourth-order valence-electron chi connectivity index (χ4n) is 0.888. The second kappa shape index (κ2) is 3.84. The molecular weight excluding hydrogens is 217 g/mol. The van der Waals surface area contributed by atoms with Crippen LogP contribution in [0, 0.1) is 11.3 Å². The standard InChI is InChI=1S/C8H4ClF3N2/c9-7-4-5(1-2-13)3-6(14-7)8(10,11)12/h3-4H,1H2. The Balaban J connectivity index is 3.15. The molecule has 6 heteroatoms. The summed E-state index contributed by atoms with van der Waals surface area (Å²) in [6, 6.07) is 3.79. The number of nitriles is 1. The number of nitrogens with zero attached hydrogens (tertiary/aromatic N) is 2. The molecule has 0 amide bonds. The molecule has 0 N–H and O–H groups in total. The average molecular weight is 221 g/mol. The zero-order valence-electron chi connectivity index (χ0n) is 6.77. The Morgan fingerprint density at radius 1 is 1.43 bits per heavy atom. The van der Waals surface area contributed by atoms with Crippen LogP contribution < -0.4 is 0 Å². The van der Waals surface area contributed by atoms with Gasteiger partial charge in [0.05, 0.1) is 12.5 Å². The smallest absolute Gasteiger partial charge is 0.232 e. The number of alkyl halides is 3. The van der Waals surface area contributed by atoms with Crippen molar-refractivity contribution in [3.05, 3.63) is 28.5 Å². The van der Waals surface area contributed by atoms with E-state index in [1.165, 1.54) is 6.07 Å². The molecule has 74 valence electrons. The molecule has 0 fully saturated rings. The summed E-state index contributed by atoms with van der Waals surface area (Å²) in [4.78, 5) is 3.12. The van der Waals surface area contributed by atoms with Crippen LogP contribution >= 0.6 is 11.6 Å². The lowest BCUT2D eigenvalue weighted by Gasteiger charge is -2.06. The number of rotatable bonds is 1. The highest BCUT2D eigenvalue weighted by atomic mass is 35.5. The first-order valence-corrected chi connectivity index (χ1v) is 3.92. The van der Waals surface area contributed by atoms with Gasteiger partial charge in [-0.05, 0) is 17.7 Å². The van der Waals surface area contributed by atoms with Crippen molar-refractivity contribution in [2.75, 3.05) is 0 Å². The molecule has 0 saturated heterocycles. The molecule has 0 unspecified atom stereocenters. The lowest BCUT2D eigenvalue weighted by molar-refractivity contribution is -0.141. The van der Waals surface area contributed by atoms with Crippen LogP contribution in [-0.4, -0.2) is 4.98 Å². The van der Waals surface area contributed by atoms with E-state index in [4.69, 9.17) is 16.9 Å². The molecule has 1 rings (SSSR count). The van der Waals surface area contributed by atoms with Gasteiger partial charge in [0.15, 0.2) is 0 Å². The molecule has 2 nitrogen and oxygen atoms in total. The van der Waals surface area contributed by atoms with Crippen LogP contribution in [0.25, 0.3) is 0 Å². The maximum atomic E-state index is 12.2. The van der Waals surface area contributed by atoms with Gasteiger partial charge in [0.25, 0.3) is 0 Å². The molecule has 0 aliphatic carbocycles. The lowest BCUT2D eigenvalue weighted by Crippen LogP contribution is -2.08. The highest BCUT2D eigenvalue weighted by Crippen LogP contribution is 2.29. The molecule has 0 bridgehead atoms. The monoisotopic (exact) mass is 220 g/mol. The van der Waals surface area contributed by atoms with Gasteiger partial charge < -0.3 is 0 Å². The van der Waals surface area contributed by atoms with Crippen molar-refractivity contribution in [2.24, 2.45) is 0 Å². The van der Waals surface area contributed by atoms with Crippen molar-refractivity contribution in [1.29, 1.82) is 5.26 Å². The molecule has 1 heterocycles. The first-order valence-electron chi connectivity index (χ1n) is 3.54. The fourth-order valence-corrected chi connectivity index (χ4v) is 1.12. The van der Waals surface area contributed by atoms with E-state index in [0.29, 0.717) is 0 Å². The Bertz CT molecular complexity index is 381. The first-order chi connectivity index (χ1) is 6.43. The van der Waals surface area contributed by atoms with Crippen LogP contribution in [0.1, 0.15) is 11.3 Å². The van der Waals surface area contributed by atoms with Gasteiger partial charge in [-0.25, -0.2) is 4.98 Å². The third-order valence-corrected chi connectivity index (χ3v) is 1.62. The van der Waals surface area contributed by atoms with Gasteiger partial charge in [0, 0.05) is 0 Å². The number of halogens is 4. The topological polar surface area (TPSA) is 36.7 Å². The highest BCUT2D eigenvalue weighted by Gasteiger charge is 2.33. The van der Waals surface area contributed by atoms with Gasteiger partial charge in [-0.1, -0.05) is 11.6 Å². The van der Waals surface area contributed by atoms with Crippen LogP contribution in [-0.2, 0) is 12.6 Å². The molecule has 0 radical (unpaired) electrons.